The summed E-state index contributed by atoms with van der Waals surface area (Å²) in [4.78, 5) is -0.634. The van der Waals surface area contributed by atoms with E-state index in [1.54, 1.807) is 24.3 Å². The highest BCUT2D eigenvalue weighted by Crippen LogP contribution is 2.23. The third-order valence-electron chi connectivity index (χ3n) is 3.55. The van der Waals surface area contributed by atoms with Crippen LogP contribution in [0.4, 0.5) is 14.5 Å². The van der Waals surface area contributed by atoms with Gasteiger partial charge in [-0.25, -0.2) is 17.2 Å². The highest BCUT2D eigenvalue weighted by atomic mass is 32.2. The van der Waals surface area contributed by atoms with Crippen molar-refractivity contribution in [3.8, 4) is 17.1 Å². The van der Waals surface area contributed by atoms with Gasteiger partial charge in [-0.2, -0.15) is 0 Å². The lowest BCUT2D eigenvalue weighted by molar-refractivity contribution is 0.323. The molecule has 0 atom stereocenters. The zero-order valence-electron chi connectivity index (χ0n) is 14.2. The lowest BCUT2D eigenvalue weighted by Crippen LogP contribution is -2.14. The second-order valence-electron chi connectivity index (χ2n) is 5.45. The summed E-state index contributed by atoms with van der Waals surface area (Å²) in [5, 5.41) is 7.97. The number of ether oxygens (including phenoxy) is 1. The summed E-state index contributed by atoms with van der Waals surface area (Å²) < 4.78 is 58.7. The number of halogens is 2. The normalized spacial score (nSPS) is 11.2. The second-order valence-corrected chi connectivity index (χ2v) is 7.10. The molecule has 3 rings (SSSR count). The Balaban J connectivity index is 1.79. The first-order valence-corrected chi connectivity index (χ1v) is 9.42. The number of aromatic nitrogens is 2. The van der Waals surface area contributed by atoms with Gasteiger partial charge in [0.05, 0.1) is 12.3 Å². The van der Waals surface area contributed by atoms with Crippen LogP contribution in [0.1, 0.15) is 6.92 Å². The molecule has 0 unspecified atom stereocenters. The molecule has 1 N–H and O–H groups in total. The lowest BCUT2D eigenvalue weighted by Gasteiger charge is -2.09. The molecule has 0 amide bonds. The van der Waals surface area contributed by atoms with Crippen LogP contribution in [0.5, 0.6) is 5.88 Å². The molecule has 0 bridgehead atoms. The van der Waals surface area contributed by atoms with Gasteiger partial charge < -0.3 is 4.74 Å². The molecule has 140 valence electrons. The van der Waals surface area contributed by atoms with Crippen molar-refractivity contribution in [2.45, 2.75) is 11.8 Å². The quantitative estimate of drug-likeness (QED) is 0.694. The minimum atomic E-state index is -4.19. The van der Waals surface area contributed by atoms with Crippen LogP contribution in [-0.4, -0.2) is 25.2 Å². The zero-order chi connectivity index (χ0) is 19.4. The monoisotopic (exact) mass is 391 g/mol. The molecule has 2 aromatic carbocycles. The number of benzene rings is 2. The molecule has 0 saturated heterocycles. The van der Waals surface area contributed by atoms with Crippen molar-refractivity contribution in [3.63, 3.8) is 0 Å². The lowest BCUT2D eigenvalue weighted by atomic mass is 10.1. The average molecular weight is 391 g/mol. The molecular formula is C18H15F2N3O3S. The zero-order valence-corrected chi connectivity index (χ0v) is 15.0. The van der Waals surface area contributed by atoms with Crippen LogP contribution in [0.15, 0.2) is 59.5 Å². The Hall–Kier alpha value is -3.07. The first-order chi connectivity index (χ1) is 12.9. The molecule has 0 saturated carbocycles. The van der Waals surface area contributed by atoms with E-state index in [9.17, 15) is 17.2 Å². The second kappa shape index (κ2) is 7.67. The van der Waals surface area contributed by atoms with E-state index in [0.717, 1.165) is 12.1 Å². The number of rotatable bonds is 6. The van der Waals surface area contributed by atoms with Crippen molar-refractivity contribution < 1.29 is 21.9 Å². The van der Waals surface area contributed by atoms with Gasteiger partial charge in [0, 0.05) is 23.4 Å². The topological polar surface area (TPSA) is 81.2 Å². The summed E-state index contributed by atoms with van der Waals surface area (Å²) in [5.74, 6) is -1.61. The van der Waals surface area contributed by atoms with Gasteiger partial charge in [0.1, 0.15) is 16.5 Å². The van der Waals surface area contributed by atoms with Crippen LogP contribution in [0, 0.1) is 11.6 Å². The maximum absolute atomic E-state index is 13.7. The summed E-state index contributed by atoms with van der Waals surface area (Å²) in [6, 6.07) is 12.0. The molecule has 9 heteroatoms. The first kappa shape index (κ1) is 18.7. The maximum Gasteiger partial charge on any atom is 0.264 e. The van der Waals surface area contributed by atoms with E-state index in [4.69, 9.17) is 4.74 Å². The highest BCUT2D eigenvalue weighted by Gasteiger charge is 2.19. The molecule has 0 radical (unpaired) electrons. The van der Waals surface area contributed by atoms with E-state index in [0.29, 0.717) is 29.8 Å². The fourth-order valence-corrected chi connectivity index (χ4v) is 3.43. The van der Waals surface area contributed by atoms with Gasteiger partial charge >= 0.3 is 0 Å². The van der Waals surface area contributed by atoms with Crippen molar-refractivity contribution >= 4 is 15.7 Å². The van der Waals surface area contributed by atoms with Gasteiger partial charge in [-0.15, -0.1) is 10.2 Å². The molecule has 3 aromatic rings. The molecule has 0 spiro atoms. The van der Waals surface area contributed by atoms with E-state index in [2.05, 4.69) is 14.9 Å². The fourth-order valence-electron chi connectivity index (χ4n) is 2.31. The molecule has 0 fully saturated rings. The van der Waals surface area contributed by atoms with Gasteiger partial charge in [-0.05, 0) is 37.3 Å². The smallest absolute Gasteiger partial charge is 0.264 e. The predicted molar refractivity (Wildman–Crippen MR) is 95.8 cm³/mol. The van der Waals surface area contributed by atoms with Gasteiger partial charge in [0.25, 0.3) is 10.0 Å². The average Bonchev–Trinajstić information content (AvgIpc) is 2.63. The van der Waals surface area contributed by atoms with Crippen LogP contribution >= 0.6 is 0 Å². The van der Waals surface area contributed by atoms with Gasteiger partial charge in [-0.1, -0.05) is 12.1 Å². The minimum Gasteiger partial charge on any atom is -0.477 e. The predicted octanol–water partition coefficient (Wildman–Crippen LogP) is 3.62. The number of nitrogens with zero attached hydrogens (tertiary/aromatic N) is 2. The molecule has 6 nitrogen and oxygen atoms in total. The van der Waals surface area contributed by atoms with Gasteiger partial charge in [-0.3, -0.25) is 4.72 Å². The Morgan fingerprint density at radius 2 is 1.74 bits per heavy atom. The molecule has 1 heterocycles. The Morgan fingerprint density at radius 3 is 2.33 bits per heavy atom. The number of anilines is 1. The molecular weight excluding hydrogens is 376 g/mol. The fraction of sp³-hybridized carbons (Fsp3) is 0.111. The summed E-state index contributed by atoms with van der Waals surface area (Å²) in [6.45, 7) is 2.32. The van der Waals surface area contributed by atoms with Crippen molar-refractivity contribution in [2.75, 3.05) is 11.3 Å². The van der Waals surface area contributed by atoms with Gasteiger partial charge in [0.2, 0.25) is 5.88 Å². The largest absolute Gasteiger partial charge is 0.477 e. The van der Waals surface area contributed by atoms with E-state index >= 15 is 0 Å². The summed E-state index contributed by atoms with van der Waals surface area (Å²) in [6.07, 6.45) is 0. The molecule has 0 aliphatic rings. The Labute approximate surface area is 154 Å². The van der Waals surface area contributed by atoms with Gasteiger partial charge in [0.15, 0.2) is 0 Å². The van der Waals surface area contributed by atoms with Crippen LogP contribution in [-0.2, 0) is 10.0 Å². The summed E-state index contributed by atoms with van der Waals surface area (Å²) in [5.41, 5.74) is 1.51. The van der Waals surface area contributed by atoms with Crippen LogP contribution in [0.3, 0.4) is 0 Å². The van der Waals surface area contributed by atoms with E-state index < -0.39 is 26.6 Å². The van der Waals surface area contributed by atoms with E-state index in [1.807, 2.05) is 6.92 Å². The summed E-state index contributed by atoms with van der Waals surface area (Å²) in [7, 11) is -4.19. The summed E-state index contributed by atoms with van der Waals surface area (Å²) >= 11 is 0. The number of hydrogen-bond donors (Lipinski definition) is 1. The van der Waals surface area contributed by atoms with Crippen molar-refractivity contribution in [3.05, 3.63) is 66.2 Å². The number of hydrogen-bond acceptors (Lipinski definition) is 5. The molecule has 1 aromatic heterocycles. The standard InChI is InChI=1S/C18H15F2N3O3S/c1-2-26-18-10-8-16(21-22-18)12-3-6-14(7-4-12)23-27(24,25)17-9-5-13(19)11-15(17)20/h3-11,23H,2H2,1H3. The number of nitrogens with one attached hydrogen (secondary N) is 1. The van der Waals surface area contributed by atoms with Crippen LogP contribution in [0.2, 0.25) is 0 Å². The van der Waals surface area contributed by atoms with Crippen molar-refractivity contribution in [1.29, 1.82) is 0 Å². The van der Waals surface area contributed by atoms with E-state index in [-0.39, 0.29) is 5.69 Å². The van der Waals surface area contributed by atoms with Crippen molar-refractivity contribution in [1.82, 2.24) is 10.2 Å². The molecule has 0 aliphatic carbocycles. The van der Waals surface area contributed by atoms with E-state index in [1.165, 1.54) is 12.1 Å². The Bertz CT molecular complexity index is 1040. The Kier molecular flexibility index (Phi) is 5.31. The Morgan fingerprint density at radius 1 is 1.00 bits per heavy atom. The molecule has 27 heavy (non-hydrogen) atoms. The van der Waals surface area contributed by atoms with Crippen LogP contribution in [0.25, 0.3) is 11.3 Å². The SMILES string of the molecule is CCOc1ccc(-c2ccc(NS(=O)(=O)c3ccc(F)cc3F)cc2)nn1. The minimum absolute atomic E-state index is 0.223. The first-order valence-electron chi connectivity index (χ1n) is 7.94. The number of sulfonamides is 1. The van der Waals surface area contributed by atoms with Crippen LogP contribution < -0.4 is 9.46 Å². The highest BCUT2D eigenvalue weighted by molar-refractivity contribution is 7.92. The molecule has 0 aliphatic heterocycles. The van der Waals surface area contributed by atoms with Crippen molar-refractivity contribution in [2.24, 2.45) is 0 Å². The third kappa shape index (κ3) is 4.37. The third-order valence-corrected chi connectivity index (χ3v) is 4.96. The maximum atomic E-state index is 13.7.